The van der Waals surface area contributed by atoms with Crippen LogP contribution >= 0.6 is 0 Å². The van der Waals surface area contributed by atoms with E-state index >= 15 is 0 Å². The molecule has 0 heterocycles. The molecule has 0 radical (unpaired) electrons. The van der Waals surface area contributed by atoms with E-state index in [4.69, 9.17) is 4.74 Å². The second-order valence-corrected chi connectivity index (χ2v) is 4.58. The van der Waals surface area contributed by atoms with Gasteiger partial charge in [0.25, 0.3) is 0 Å². The standard InChI is InChI=1S/C12H14O6S/c1-2-12(14)18-8-9(13)7-17-10-3-5-11(6-4-10)19(15)16/h2-6,9,13,19H,1,7-8H2. The van der Waals surface area contributed by atoms with Crippen molar-refractivity contribution in [1.29, 1.82) is 0 Å². The third-order valence-electron chi connectivity index (χ3n) is 2.07. The molecule has 0 fully saturated rings. The van der Waals surface area contributed by atoms with Crippen LogP contribution < -0.4 is 4.74 Å². The summed E-state index contributed by atoms with van der Waals surface area (Å²) in [4.78, 5) is 10.9. The first kappa shape index (κ1) is 15.2. The second kappa shape index (κ2) is 7.55. The highest BCUT2D eigenvalue weighted by atomic mass is 32.2. The molecule has 1 N–H and O–H groups in total. The van der Waals surface area contributed by atoms with Gasteiger partial charge in [0.2, 0.25) is 0 Å². The Hall–Kier alpha value is -1.86. The zero-order valence-electron chi connectivity index (χ0n) is 10.0. The maximum atomic E-state index is 10.7. The molecule has 104 valence electrons. The molecule has 1 aromatic rings. The number of carbonyl (C=O) groups excluding carboxylic acids is 1. The summed E-state index contributed by atoms with van der Waals surface area (Å²) >= 11 is 0. The van der Waals surface area contributed by atoms with Crippen LogP contribution in [0, 0.1) is 0 Å². The minimum Gasteiger partial charge on any atom is -0.491 e. The molecule has 1 aromatic carbocycles. The van der Waals surface area contributed by atoms with Gasteiger partial charge in [-0.2, -0.15) is 0 Å². The highest BCUT2D eigenvalue weighted by Crippen LogP contribution is 2.13. The molecule has 19 heavy (non-hydrogen) atoms. The topological polar surface area (TPSA) is 89.9 Å². The van der Waals surface area contributed by atoms with Crippen LogP contribution in [0.25, 0.3) is 0 Å². The Bertz CT molecular complexity index is 497. The molecule has 0 aromatic heterocycles. The molecule has 6 nitrogen and oxygen atoms in total. The van der Waals surface area contributed by atoms with Crippen LogP contribution in [0.1, 0.15) is 0 Å². The van der Waals surface area contributed by atoms with Gasteiger partial charge < -0.3 is 14.6 Å². The van der Waals surface area contributed by atoms with Crippen LogP contribution in [0.5, 0.6) is 5.75 Å². The van der Waals surface area contributed by atoms with Crippen molar-refractivity contribution in [2.75, 3.05) is 13.2 Å². The van der Waals surface area contributed by atoms with Crippen molar-refractivity contribution in [2.24, 2.45) is 0 Å². The van der Waals surface area contributed by atoms with Crippen molar-refractivity contribution in [3.05, 3.63) is 36.9 Å². The first-order valence-electron chi connectivity index (χ1n) is 5.37. The molecule has 0 saturated carbocycles. The zero-order chi connectivity index (χ0) is 14.3. The molecule has 1 atom stereocenters. The van der Waals surface area contributed by atoms with Crippen molar-refractivity contribution in [1.82, 2.24) is 0 Å². The highest BCUT2D eigenvalue weighted by molar-refractivity contribution is 7.72. The zero-order valence-corrected chi connectivity index (χ0v) is 10.9. The van der Waals surface area contributed by atoms with E-state index in [1.807, 2.05) is 0 Å². The van der Waals surface area contributed by atoms with E-state index in [0.29, 0.717) is 5.75 Å². The first-order chi connectivity index (χ1) is 9.02. The summed E-state index contributed by atoms with van der Waals surface area (Å²) in [6, 6.07) is 5.74. The molecule has 1 rings (SSSR count). The number of rotatable bonds is 7. The number of carbonyl (C=O) groups is 1. The highest BCUT2D eigenvalue weighted by Gasteiger charge is 2.08. The van der Waals surface area contributed by atoms with E-state index in [1.165, 1.54) is 24.3 Å². The third-order valence-corrected chi connectivity index (χ3v) is 2.79. The molecule has 7 heteroatoms. The van der Waals surface area contributed by atoms with Crippen LogP contribution in [0.4, 0.5) is 0 Å². The first-order valence-corrected chi connectivity index (χ1v) is 6.55. The average Bonchev–Trinajstić information content (AvgIpc) is 2.42. The van der Waals surface area contributed by atoms with Gasteiger partial charge in [0.1, 0.15) is 25.1 Å². The van der Waals surface area contributed by atoms with Crippen molar-refractivity contribution >= 4 is 16.7 Å². The molecule has 1 unspecified atom stereocenters. The van der Waals surface area contributed by atoms with Gasteiger partial charge in [-0.05, 0) is 24.3 Å². The molecular weight excluding hydrogens is 272 g/mol. The average molecular weight is 286 g/mol. The van der Waals surface area contributed by atoms with Crippen molar-refractivity contribution in [3.8, 4) is 5.75 Å². The van der Waals surface area contributed by atoms with Crippen molar-refractivity contribution in [2.45, 2.75) is 11.0 Å². The Morgan fingerprint density at radius 1 is 1.32 bits per heavy atom. The molecule has 0 amide bonds. The smallest absolute Gasteiger partial charge is 0.330 e. The van der Waals surface area contributed by atoms with E-state index in [1.54, 1.807) is 0 Å². The van der Waals surface area contributed by atoms with Gasteiger partial charge in [0, 0.05) is 6.08 Å². The normalized spacial score (nSPS) is 11.9. The summed E-state index contributed by atoms with van der Waals surface area (Å²) in [5.41, 5.74) is 0. The number of esters is 1. The predicted octanol–water partition coefficient (Wildman–Crippen LogP) is 0.126. The molecule has 0 aliphatic carbocycles. The largest absolute Gasteiger partial charge is 0.491 e. The lowest BCUT2D eigenvalue weighted by Gasteiger charge is -2.12. The van der Waals surface area contributed by atoms with E-state index in [0.717, 1.165) is 6.08 Å². The van der Waals surface area contributed by atoms with Gasteiger partial charge in [0.05, 0.1) is 4.90 Å². The number of ether oxygens (including phenoxy) is 2. The van der Waals surface area contributed by atoms with Crippen LogP contribution in [-0.4, -0.2) is 38.8 Å². The SMILES string of the molecule is C=CC(=O)OCC(O)COc1ccc([SH](=O)=O)cc1. The monoisotopic (exact) mass is 286 g/mol. The number of aliphatic hydroxyl groups is 1. The van der Waals surface area contributed by atoms with Gasteiger partial charge >= 0.3 is 5.97 Å². The van der Waals surface area contributed by atoms with Gasteiger partial charge in [-0.3, -0.25) is 0 Å². The fourth-order valence-electron chi connectivity index (χ4n) is 1.14. The minimum atomic E-state index is -2.62. The summed E-state index contributed by atoms with van der Waals surface area (Å²) in [6.07, 6.45) is 0.0239. The lowest BCUT2D eigenvalue weighted by atomic mass is 10.3. The van der Waals surface area contributed by atoms with E-state index < -0.39 is 22.8 Å². The predicted molar refractivity (Wildman–Crippen MR) is 67.7 cm³/mol. The number of aliphatic hydroxyl groups excluding tert-OH is 1. The van der Waals surface area contributed by atoms with Gasteiger partial charge in [-0.25, -0.2) is 13.2 Å². The molecule has 0 spiro atoms. The number of benzene rings is 1. The quantitative estimate of drug-likeness (QED) is 0.420. The lowest BCUT2D eigenvalue weighted by Crippen LogP contribution is -2.24. The molecule has 0 aliphatic rings. The number of thiol groups is 1. The summed E-state index contributed by atoms with van der Waals surface area (Å²) in [5, 5.41) is 9.46. The van der Waals surface area contributed by atoms with Gasteiger partial charge in [0.15, 0.2) is 10.7 Å². The van der Waals surface area contributed by atoms with Crippen molar-refractivity contribution in [3.63, 3.8) is 0 Å². The van der Waals surface area contributed by atoms with Crippen LogP contribution in [-0.2, 0) is 20.2 Å². The number of hydrogen-bond acceptors (Lipinski definition) is 6. The number of hydrogen-bond donors (Lipinski definition) is 2. The lowest BCUT2D eigenvalue weighted by molar-refractivity contribution is -0.141. The molecular formula is C12H14O6S. The van der Waals surface area contributed by atoms with Gasteiger partial charge in [-0.1, -0.05) is 6.58 Å². The summed E-state index contributed by atoms with van der Waals surface area (Å²) in [6.45, 7) is 2.94. The second-order valence-electron chi connectivity index (χ2n) is 3.55. The van der Waals surface area contributed by atoms with Gasteiger partial charge in [-0.15, -0.1) is 0 Å². The van der Waals surface area contributed by atoms with Crippen molar-refractivity contribution < 1.29 is 27.8 Å². The Balaban J connectivity index is 2.39. The fraction of sp³-hybridized carbons (Fsp3) is 0.250. The maximum absolute atomic E-state index is 10.7. The van der Waals surface area contributed by atoms with Crippen LogP contribution in [0.2, 0.25) is 0 Å². The Labute approximate surface area is 112 Å². The van der Waals surface area contributed by atoms with E-state index in [-0.39, 0.29) is 18.1 Å². The van der Waals surface area contributed by atoms with Crippen LogP contribution in [0.3, 0.4) is 0 Å². The fourth-order valence-corrected chi connectivity index (χ4v) is 1.53. The maximum Gasteiger partial charge on any atom is 0.330 e. The Morgan fingerprint density at radius 3 is 2.47 bits per heavy atom. The molecule has 0 bridgehead atoms. The Kier molecular flexibility index (Phi) is 6.04. The Morgan fingerprint density at radius 2 is 1.95 bits per heavy atom. The summed E-state index contributed by atoms with van der Waals surface area (Å²) in [7, 11) is -2.62. The molecule has 0 saturated heterocycles. The van der Waals surface area contributed by atoms with E-state index in [2.05, 4.69) is 11.3 Å². The van der Waals surface area contributed by atoms with Crippen LogP contribution in [0.15, 0.2) is 41.8 Å². The summed E-state index contributed by atoms with van der Waals surface area (Å²) < 4.78 is 31.1. The minimum absolute atomic E-state index is 0.0761. The summed E-state index contributed by atoms with van der Waals surface area (Å²) in [5.74, 6) is -0.211. The molecule has 0 aliphatic heterocycles. The third kappa shape index (κ3) is 5.54. The van der Waals surface area contributed by atoms with E-state index in [9.17, 15) is 18.3 Å².